The number of amides is 1. The van der Waals surface area contributed by atoms with Crippen molar-refractivity contribution in [1.29, 1.82) is 0 Å². The van der Waals surface area contributed by atoms with E-state index >= 15 is 0 Å². The molecule has 2 saturated heterocycles. The van der Waals surface area contributed by atoms with Gasteiger partial charge in [0.1, 0.15) is 5.82 Å². The van der Waals surface area contributed by atoms with Crippen LogP contribution in [0.15, 0.2) is 24.3 Å². The number of carbonyl (C=O) groups is 1. The number of benzene rings is 1. The summed E-state index contributed by atoms with van der Waals surface area (Å²) >= 11 is 0. The third-order valence-electron chi connectivity index (χ3n) is 4.07. The van der Waals surface area contributed by atoms with Gasteiger partial charge in [-0.2, -0.15) is 0 Å². The number of quaternary nitrogens is 1. The number of ether oxygens (including phenoxy) is 2. The molecule has 114 valence electrons. The average molecular weight is 295 g/mol. The van der Waals surface area contributed by atoms with Crippen molar-refractivity contribution >= 4 is 11.6 Å². The summed E-state index contributed by atoms with van der Waals surface area (Å²) in [4.78, 5) is 13.2. The van der Waals surface area contributed by atoms with Crippen molar-refractivity contribution < 1.29 is 23.6 Å². The minimum atomic E-state index is -0.392. The van der Waals surface area contributed by atoms with Gasteiger partial charge in [0.05, 0.1) is 39.1 Å². The summed E-state index contributed by atoms with van der Waals surface area (Å²) in [6.07, 6.45) is 1.65. The van der Waals surface area contributed by atoms with E-state index in [1.54, 1.807) is 12.1 Å². The van der Waals surface area contributed by atoms with Crippen molar-refractivity contribution in [3.05, 3.63) is 30.1 Å². The molecule has 2 N–H and O–H groups in total. The Morgan fingerprint density at radius 1 is 1.19 bits per heavy atom. The molecule has 0 aliphatic carbocycles. The first-order valence-corrected chi connectivity index (χ1v) is 7.32. The van der Waals surface area contributed by atoms with E-state index in [0.29, 0.717) is 25.4 Å². The molecule has 1 aromatic rings. The summed E-state index contributed by atoms with van der Waals surface area (Å²) in [5.41, 5.74) is 0.622. The molecule has 2 aliphatic rings. The van der Waals surface area contributed by atoms with Crippen LogP contribution in [0, 0.1) is 5.82 Å². The smallest absolute Gasteiger partial charge is 0.279 e. The van der Waals surface area contributed by atoms with Crippen LogP contribution in [0.1, 0.15) is 12.8 Å². The first kappa shape index (κ1) is 14.4. The van der Waals surface area contributed by atoms with E-state index in [9.17, 15) is 9.18 Å². The quantitative estimate of drug-likeness (QED) is 0.837. The standard InChI is InChI=1S/C15H19FN2O3/c16-12-1-3-13(4-2-12)17-14(19)11-18-7-5-15(6-8-18)20-9-10-21-15/h1-4H,5-11H2,(H,17,19)/p+1. The lowest BCUT2D eigenvalue weighted by Crippen LogP contribution is -3.14. The molecule has 2 aliphatic heterocycles. The van der Waals surface area contributed by atoms with Gasteiger partial charge in [-0.05, 0) is 24.3 Å². The van der Waals surface area contributed by atoms with E-state index in [2.05, 4.69) is 5.32 Å². The van der Waals surface area contributed by atoms with Crippen LogP contribution in [-0.2, 0) is 14.3 Å². The van der Waals surface area contributed by atoms with E-state index in [-0.39, 0.29) is 11.7 Å². The molecule has 0 aromatic heterocycles. The van der Waals surface area contributed by atoms with Gasteiger partial charge < -0.3 is 19.7 Å². The Labute approximate surface area is 123 Å². The summed E-state index contributed by atoms with van der Waals surface area (Å²) in [7, 11) is 0. The molecule has 0 atom stereocenters. The van der Waals surface area contributed by atoms with Crippen LogP contribution in [-0.4, -0.2) is 44.5 Å². The first-order valence-electron chi connectivity index (χ1n) is 7.32. The number of halogens is 1. The van der Waals surface area contributed by atoms with Crippen molar-refractivity contribution in [3.8, 4) is 0 Å². The van der Waals surface area contributed by atoms with Crippen molar-refractivity contribution in [3.63, 3.8) is 0 Å². The molecule has 1 spiro atoms. The second-order valence-corrected chi connectivity index (χ2v) is 5.59. The molecular weight excluding hydrogens is 275 g/mol. The number of nitrogens with one attached hydrogen (secondary N) is 2. The molecule has 5 nitrogen and oxygen atoms in total. The zero-order valence-electron chi connectivity index (χ0n) is 11.9. The summed E-state index contributed by atoms with van der Waals surface area (Å²) in [5, 5.41) is 2.79. The number of hydrogen-bond donors (Lipinski definition) is 2. The summed E-state index contributed by atoms with van der Waals surface area (Å²) < 4.78 is 24.1. The van der Waals surface area contributed by atoms with Gasteiger partial charge in [0.25, 0.3) is 5.91 Å². The van der Waals surface area contributed by atoms with Gasteiger partial charge in [-0.25, -0.2) is 4.39 Å². The second kappa shape index (κ2) is 6.09. The fourth-order valence-electron chi connectivity index (χ4n) is 2.91. The lowest BCUT2D eigenvalue weighted by Gasteiger charge is -2.34. The van der Waals surface area contributed by atoms with Gasteiger partial charge in [-0.1, -0.05) is 0 Å². The Hall–Kier alpha value is -1.50. The van der Waals surface area contributed by atoms with Gasteiger partial charge in [-0.3, -0.25) is 4.79 Å². The molecule has 0 radical (unpaired) electrons. The Kier molecular flexibility index (Phi) is 4.19. The molecule has 3 rings (SSSR count). The van der Waals surface area contributed by atoms with E-state index in [1.165, 1.54) is 17.0 Å². The molecule has 21 heavy (non-hydrogen) atoms. The van der Waals surface area contributed by atoms with Gasteiger partial charge >= 0.3 is 0 Å². The monoisotopic (exact) mass is 295 g/mol. The highest BCUT2D eigenvalue weighted by molar-refractivity contribution is 5.91. The minimum absolute atomic E-state index is 0.0548. The maximum atomic E-state index is 12.8. The zero-order chi connectivity index (χ0) is 14.7. The van der Waals surface area contributed by atoms with Crippen LogP contribution >= 0.6 is 0 Å². The highest BCUT2D eigenvalue weighted by atomic mass is 19.1. The molecule has 0 unspecified atom stereocenters. The Morgan fingerprint density at radius 3 is 2.43 bits per heavy atom. The van der Waals surface area contributed by atoms with Crippen LogP contribution < -0.4 is 10.2 Å². The van der Waals surface area contributed by atoms with Gasteiger partial charge in [0.2, 0.25) is 0 Å². The van der Waals surface area contributed by atoms with Crippen LogP contribution in [0.5, 0.6) is 0 Å². The van der Waals surface area contributed by atoms with Crippen molar-refractivity contribution in [1.82, 2.24) is 0 Å². The number of rotatable bonds is 3. The third kappa shape index (κ3) is 3.58. The normalized spacial score (nSPS) is 21.6. The first-order chi connectivity index (χ1) is 10.2. The lowest BCUT2D eigenvalue weighted by molar-refractivity contribution is -0.900. The van der Waals surface area contributed by atoms with Crippen molar-refractivity contribution in [2.75, 3.05) is 38.2 Å². The predicted octanol–water partition coefficient (Wildman–Crippen LogP) is 0.186. The number of carbonyl (C=O) groups excluding carboxylic acids is 1. The molecule has 0 saturated carbocycles. The van der Waals surface area contributed by atoms with Crippen molar-refractivity contribution in [2.24, 2.45) is 0 Å². The molecule has 2 fully saturated rings. The van der Waals surface area contributed by atoms with Crippen LogP contribution in [0.25, 0.3) is 0 Å². The highest BCUT2D eigenvalue weighted by Gasteiger charge is 2.41. The van der Waals surface area contributed by atoms with Crippen LogP contribution in [0.2, 0.25) is 0 Å². The van der Waals surface area contributed by atoms with Gasteiger partial charge in [0, 0.05) is 5.69 Å². The topological polar surface area (TPSA) is 52.0 Å². The molecule has 6 heteroatoms. The summed E-state index contributed by atoms with van der Waals surface area (Å²) in [5.74, 6) is -0.756. The maximum Gasteiger partial charge on any atom is 0.279 e. The van der Waals surface area contributed by atoms with Crippen molar-refractivity contribution in [2.45, 2.75) is 18.6 Å². The fraction of sp³-hybridized carbons (Fsp3) is 0.533. The van der Waals surface area contributed by atoms with Gasteiger partial charge in [-0.15, -0.1) is 0 Å². The minimum Gasteiger partial charge on any atom is -0.347 e. The SMILES string of the molecule is O=C(C[NH+]1CCC2(CC1)OCCO2)Nc1ccc(F)cc1. The largest absolute Gasteiger partial charge is 0.347 e. The number of piperidine rings is 1. The Balaban J connectivity index is 1.46. The summed E-state index contributed by atoms with van der Waals surface area (Å²) in [6.45, 7) is 3.46. The molecule has 0 bridgehead atoms. The maximum absolute atomic E-state index is 12.8. The molecular formula is C15H20FN2O3+. The van der Waals surface area contributed by atoms with E-state index in [1.807, 2.05) is 0 Å². The summed E-state index contributed by atoms with van der Waals surface area (Å²) in [6, 6.07) is 5.80. The second-order valence-electron chi connectivity index (χ2n) is 5.59. The molecule has 1 aromatic carbocycles. The average Bonchev–Trinajstić information content (AvgIpc) is 2.93. The van der Waals surface area contributed by atoms with Crippen LogP contribution in [0.4, 0.5) is 10.1 Å². The predicted molar refractivity (Wildman–Crippen MR) is 74.5 cm³/mol. The number of hydrogen-bond acceptors (Lipinski definition) is 3. The molecule has 2 heterocycles. The van der Waals surface area contributed by atoms with E-state index in [4.69, 9.17) is 9.47 Å². The third-order valence-corrected chi connectivity index (χ3v) is 4.07. The van der Waals surface area contributed by atoms with Gasteiger partial charge in [0.15, 0.2) is 12.3 Å². The lowest BCUT2D eigenvalue weighted by atomic mass is 10.0. The Morgan fingerprint density at radius 2 is 1.81 bits per heavy atom. The fourth-order valence-corrected chi connectivity index (χ4v) is 2.91. The Bertz CT molecular complexity index is 490. The number of anilines is 1. The number of likely N-dealkylation sites (tertiary alicyclic amines) is 1. The molecule has 1 amide bonds. The zero-order valence-corrected chi connectivity index (χ0v) is 11.9. The highest BCUT2D eigenvalue weighted by Crippen LogP contribution is 2.27. The van der Waals surface area contributed by atoms with E-state index in [0.717, 1.165) is 25.9 Å². The van der Waals surface area contributed by atoms with Crippen LogP contribution in [0.3, 0.4) is 0 Å². The van der Waals surface area contributed by atoms with E-state index < -0.39 is 5.79 Å².